The van der Waals surface area contributed by atoms with Gasteiger partial charge in [-0.2, -0.15) is 0 Å². The molecule has 2 rings (SSSR count). The van der Waals surface area contributed by atoms with Gasteiger partial charge in [0.1, 0.15) is 12.0 Å². The van der Waals surface area contributed by atoms with E-state index in [-0.39, 0.29) is 5.56 Å². The minimum absolute atomic E-state index is 0.195. The van der Waals surface area contributed by atoms with Crippen molar-refractivity contribution in [3.63, 3.8) is 0 Å². The zero-order valence-electron chi connectivity index (χ0n) is 9.65. The molecule has 0 bridgehead atoms. The lowest BCUT2D eigenvalue weighted by Crippen LogP contribution is -2.19. The van der Waals surface area contributed by atoms with Gasteiger partial charge in [0.15, 0.2) is 0 Å². The Morgan fingerprint density at radius 3 is 3.12 bits per heavy atom. The first-order valence-corrected chi connectivity index (χ1v) is 5.89. The largest absolute Gasteiger partial charge is 0.478 e. The molecular weight excluding hydrogens is 222 g/mol. The van der Waals surface area contributed by atoms with Crippen LogP contribution in [0.5, 0.6) is 0 Å². The molecule has 0 saturated carbocycles. The smallest absolute Gasteiger partial charge is 0.338 e. The Labute approximate surface area is 99.8 Å². The highest BCUT2D eigenvalue weighted by Gasteiger charge is 2.14. The van der Waals surface area contributed by atoms with E-state index in [1.54, 1.807) is 6.07 Å². The third kappa shape index (κ3) is 3.57. The fourth-order valence-electron chi connectivity index (χ4n) is 1.93. The van der Waals surface area contributed by atoms with E-state index in [0.29, 0.717) is 18.4 Å². The Hall–Kier alpha value is -1.33. The number of carboxylic acids is 1. The molecule has 1 fully saturated rings. The monoisotopic (exact) mass is 239 g/mol. The Morgan fingerprint density at radius 1 is 1.59 bits per heavy atom. The van der Waals surface area contributed by atoms with Gasteiger partial charge < -0.3 is 19.6 Å². The van der Waals surface area contributed by atoms with Crippen LogP contribution in [0.15, 0.2) is 16.7 Å². The SMILES string of the molecule is O=C(O)c1coc(CNCCC2CCCO2)c1. The Morgan fingerprint density at radius 2 is 2.47 bits per heavy atom. The number of aromatic carboxylic acids is 1. The molecule has 0 amide bonds. The highest BCUT2D eigenvalue weighted by molar-refractivity contribution is 5.87. The highest BCUT2D eigenvalue weighted by atomic mass is 16.5. The van der Waals surface area contributed by atoms with Gasteiger partial charge in [-0.15, -0.1) is 0 Å². The molecule has 1 aliphatic heterocycles. The van der Waals surface area contributed by atoms with Crippen LogP contribution in [0.4, 0.5) is 0 Å². The standard InChI is InChI=1S/C12H17NO4/c14-12(15)9-6-11(17-8-9)7-13-4-3-10-2-1-5-16-10/h6,8,10,13H,1-5,7H2,(H,14,15). The summed E-state index contributed by atoms with van der Waals surface area (Å²) in [6.07, 6.45) is 4.94. The maximum atomic E-state index is 10.6. The third-order valence-corrected chi connectivity index (χ3v) is 2.87. The molecular formula is C12H17NO4. The van der Waals surface area contributed by atoms with Crippen molar-refractivity contribution in [2.75, 3.05) is 13.2 Å². The summed E-state index contributed by atoms with van der Waals surface area (Å²) < 4.78 is 10.6. The molecule has 1 saturated heterocycles. The number of ether oxygens (including phenoxy) is 1. The first-order chi connectivity index (χ1) is 8.25. The normalized spacial score (nSPS) is 19.6. The first-order valence-electron chi connectivity index (χ1n) is 5.89. The molecule has 94 valence electrons. The van der Waals surface area contributed by atoms with E-state index in [0.717, 1.165) is 32.4 Å². The van der Waals surface area contributed by atoms with Crippen molar-refractivity contribution in [3.8, 4) is 0 Å². The van der Waals surface area contributed by atoms with Crippen LogP contribution in [-0.4, -0.2) is 30.3 Å². The maximum absolute atomic E-state index is 10.6. The van der Waals surface area contributed by atoms with Crippen molar-refractivity contribution in [3.05, 3.63) is 23.7 Å². The topological polar surface area (TPSA) is 71.7 Å². The number of carboxylic acid groups (broad SMARTS) is 1. The van der Waals surface area contributed by atoms with Gasteiger partial charge in [0.2, 0.25) is 0 Å². The van der Waals surface area contributed by atoms with Gasteiger partial charge in [-0.3, -0.25) is 0 Å². The summed E-state index contributed by atoms with van der Waals surface area (Å²) in [4.78, 5) is 10.6. The first kappa shape index (κ1) is 12.1. The summed E-state index contributed by atoms with van der Waals surface area (Å²) in [7, 11) is 0. The molecule has 0 aromatic carbocycles. The average molecular weight is 239 g/mol. The molecule has 5 nitrogen and oxygen atoms in total. The van der Waals surface area contributed by atoms with Crippen molar-refractivity contribution in [2.45, 2.75) is 31.9 Å². The van der Waals surface area contributed by atoms with Crippen molar-refractivity contribution >= 4 is 5.97 Å². The lowest BCUT2D eigenvalue weighted by Gasteiger charge is -2.08. The fraction of sp³-hybridized carbons (Fsp3) is 0.583. The molecule has 17 heavy (non-hydrogen) atoms. The summed E-state index contributed by atoms with van der Waals surface area (Å²) in [6, 6.07) is 1.54. The van der Waals surface area contributed by atoms with Crippen molar-refractivity contribution in [2.24, 2.45) is 0 Å². The molecule has 1 atom stereocenters. The van der Waals surface area contributed by atoms with E-state index in [9.17, 15) is 4.79 Å². The predicted molar refractivity (Wildman–Crippen MR) is 61.0 cm³/mol. The zero-order chi connectivity index (χ0) is 12.1. The summed E-state index contributed by atoms with van der Waals surface area (Å²) >= 11 is 0. The summed E-state index contributed by atoms with van der Waals surface area (Å²) in [5.41, 5.74) is 0.195. The highest BCUT2D eigenvalue weighted by Crippen LogP contribution is 2.14. The second kappa shape index (κ2) is 5.84. The maximum Gasteiger partial charge on any atom is 0.338 e. The van der Waals surface area contributed by atoms with E-state index in [1.165, 1.54) is 6.26 Å². The quantitative estimate of drug-likeness (QED) is 0.738. The third-order valence-electron chi connectivity index (χ3n) is 2.87. The number of furan rings is 1. The molecule has 1 unspecified atom stereocenters. The van der Waals surface area contributed by atoms with E-state index in [2.05, 4.69) is 5.32 Å². The van der Waals surface area contributed by atoms with E-state index >= 15 is 0 Å². The summed E-state index contributed by atoms with van der Waals surface area (Å²) in [5, 5.41) is 11.9. The van der Waals surface area contributed by atoms with E-state index in [1.807, 2.05) is 0 Å². The fourth-order valence-corrected chi connectivity index (χ4v) is 1.93. The van der Waals surface area contributed by atoms with Gasteiger partial charge in [-0.05, 0) is 31.9 Å². The van der Waals surface area contributed by atoms with Gasteiger partial charge in [0.25, 0.3) is 0 Å². The molecule has 0 aliphatic carbocycles. The minimum atomic E-state index is -0.959. The van der Waals surface area contributed by atoms with Gasteiger partial charge in [-0.25, -0.2) is 4.79 Å². The molecule has 0 spiro atoms. The van der Waals surface area contributed by atoms with Crippen molar-refractivity contribution in [1.82, 2.24) is 5.32 Å². The molecule has 0 radical (unpaired) electrons. The van der Waals surface area contributed by atoms with Crippen LogP contribution >= 0.6 is 0 Å². The van der Waals surface area contributed by atoms with Crippen LogP contribution in [0, 0.1) is 0 Å². The van der Waals surface area contributed by atoms with Gasteiger partial charge >= 0.3 is 5.97 Å². The van der Waals surface area contributed by atoms with Crippen LogP contribution in [0.25, 0.3) is 0 Å². The van der Waals surface area contributed by atoms with Crippen molar-refractivity contribution in [1.29, 1.82) is 0 Å². The minimum Gasteiger partial charge on any atom is -0.478 e. The number of hydrogen-bond acceptors (Lipinski definition) is 4. The van der Waals surface area contributed by atoms with Crippen molar-refractivity contribution < 1.29 is 19.1 Å². The zero-order valence-corrected chi connectivity index (χ0v) is 9.65. The molecule has 1 aromatic heterocycles. The van der Waals surface area contributed by atoms with Crippen LogP contribution < -0.4 is 5.32 Å². The molecule has 1 aliphatic rings. The number of hydrogen-bond donors (Lipinski definition) is 2. The molecule has 5 heteroatoms. The lowest BCUT2D eigenvalue weighted by atomic mass is 10.2. The molecule has 2 heterocycles. The Bertz CT molecular complexity index is 368. The summed E-state index contributed by atoms with van der Waals surface area (Å²) in [6.45, 7) is 2.29. The number of rotatable bonds is 6. The number of nitrogens with one attached hydrogen (secondary N) is 1. The molecule has 2 N–H and O–H groups in total. The second-order valence-corrected chi connectivity index (χ2v) is 4.21. The van der Waals surface area contributed by atoms with E-state index < -0.39 is 5.97 Å². The Balaban J connectivity index is 1.65. The molecule has 1 aromatic rings. The van der Waals surface area contributed by atoms with Gasteiger partial charge in [0.05, 0.1) is 18.2 Å². The van der Waals surface area contributed by atoms with E-state index in [4.69, 9.17) is 14.3 Å². The average Bonchev–Trinajstić information content (AvgIpc) is 2.96. The van der Waals surface area contributed by atoms with Crippen LogP contribution in [0.1, 0.15) is 35.4 Å². The Kier molecular flexibility index (Phi) is 4.17. The number of carbonyl (C=O) groups is 1. The van der Waals surface area contributed by atoms with Gasteiger partial charge in [-0.1, -0.05) is 0 Å². The summed E-state index contributed by atoms with van der Waals surface area (Å²) in [5.74, 6) is -0.311. The van der Waals surface area contributed by atoms with Gasteiger partial charge in [0, 0.05) is 6.61 Å². The second-order valence-electron chi connectivity index (χ2n) is 4.21. The van der Waals surface area contributed by atoms with Crippen LogP contribution in [0.3, 0.4) is 0 Å². The predicted octanol–water partition coefficient (Wildman–Crippen LogP) is 1.64. The van der Waals surface area contributed by atoms with Crippen LogP contribution in [-0.2, 0) is 11.3 Å². The van der Waals surface area contributed by atoms with Crippen LogP contribution in [0.2, 0.25) is 0 Å². The lowest BCUT2D eigenvalue weighted by molar-refractivity contribution is 0.0696.